The number of aryl methyl sites for hydroxylation is 1. The van der Waals surface area contributed by atoms with Gasteiger partial charge in [0, 0.05) is 45.9 Å². The van der Waals surface area contributed by atoms with E-state index in [9.17, 15) is 13.2 Å². The van der Waals surface area contributed by atoms with Gasteiger partial charge in [-0.3, -0.25) is 4.90 Å². The number of tetrazole rings is 1. The van der Waals surface area contributed by atoms with Crippen LogP contribution in [0.3, 0.4) is 0 Å². The van der Waals surface area contributed by atoms with Crippen molar-refractivity contribution in [1.29, 1.82) is 0 Å². The molecule has 0 amide bonds. The van der Waals surface area contributed by atoms with Crippen LogP contribution in [-0.4, -0.2) is 82.1 Å². The van der Waals surface area contributed by atoms with Crippen LogP contribution >= 0.6 is 0 Å². The van der Waals surface area contributed by atoms with Crippen molar-refractivity contribution in [3.8, 4) is 0 Å². The smallest absolute Gasteiger partial charge is 0.372 e. The van der Waals surface area contributed by atoms with Gasteiger partial charge in [-0.15, -0.1) is 5.10 Å². The molecule has 1 aliphatic rings. The summed E-state index contributed by atoms with van der Waals surface area (Å²) in [4.78, 5) is 4.57. The highest BCUT2D eigenvalue weighted by Crippen LogP contribution is 2.14. The monoisotopic (exact) mass is 364 g/mol. The molecule has 1 aromatic heterocycles. The van der Waals surface area contributed by atoms with Crippen molar-refractivity contribution >= 4 is 0 Å². The SMILES string of the molecule is CCCCn1nnnc1CN1CCN(CCCOCC(F)(F)F)CC1. The number of ether oxygens (including phenoxy) is 1. The quantitative estimate of drug-likeness (QED) is 0.587. The van der Waals surface area contributed by atoms with E-state index in [2.05, 4.69) is 37.0 Å². The largest absolute Gasteiger partial charge is 0.411 e. The lowest BCUT2D eigenvalue weighted by molar-refractivity contribution is -0.174. The van der Waals surface area contributed by atoms with E-state index in [4.69, 9.17) is 0 Å². The highest BCUT2D eigenvalue weighted by atomic mass is 19.4. The predicted octanol–water partition coefficient (Wildman–Crippen LogP) is 1.56. The Bertz CT molecular complexity index is 488. The van der Waals surface area contributed by atoms with E-state index in [1.807, 2.05) is 4.68 Å². The molecule has 0 spiro atoms. The number of aromatic nitrogens is 4. The maximum absolute atomic E-state index is 12.0. The summed E-state index contributed by atoms with van der Waals surface area (Å²) < 4.78 is 42.4. The van der Waals surface area contributed by atoms with Gasteiger partial charge in [0.1, 0.15) is 6.61 Å². The van der Waals surface area contributed by atoms with Crippen LogP contribution in [0.25, 0.3) is 0 Å². The van der Waals surface area contributed by atoms with Crippen LogP contribution in [0, 0.1) is 0 Å². The van der Waals surface area contributed by atoms with Crippen LogP contribution in [0.1, 0.15) is 32.0 Å². The Labute approximate surface area is 146 Å². The van der Waals surface area contributed by atoms with Gasteiger partial charge in [0.2, 0.25) is 0 Å². The van der Waals surface area contributed by atoms with E-state index in [0.29, 0.717) is 6.42 Å². The summed E-state index contributed by atoms with van der Waals surface area (Å²) in [5.41, 5.74) is 0. The standard InChI is InChI=1S/C15H27F3N6O/c1-2-3-6-24-14(19-20-21-24)12-23-9-7-22(8-10-23)5-4-11-25-13-15(16,17)18/h2-13H2,1H3. The molecule has 0 aromatic carbocycles. The minimum Gasteiger partial charge on any atom is -0.372 e. The summed E-state index contributed by atoms with van der Waals surface area (Å²) in [5, 5.41) is 11.9. The van der Waals surface area contributed by atoms with E-state index < -0.39 is 12.8 Å². The molecule has 0 saturated carbocycles. The molecule has 10 heteroatoms. The van der Waals surface area contributed by atoms with Gasteiger partial charge in [0.25, 0.3) is 0 Å². The van der Waals surface area contributed by atoms with E-state index in [1.54, 1.807) is 0 Å². The molecular formula is C15H27F3N6O. The summed E-state index contributed by atoms with van der Waals surface area (Å²) >= 11 is 0. The number of nitrogens with zero attached hydrogens (tertiary/aromatic N) is 6. The molecule has 0 bridgehead atoms. The predicted molar refractivity (Wildman–Crippen MR) is 85.9 cm³/mol. The van der Waals surface area contributed by atoms with Crippen LogP contribution in [0.2, 0.25) is 0 Å². The molecule has 0 aliphatic carbocycles. The summed E-state index contributed by atoms with van der Waals surface area (Å²) in [6.45, 7) is 7.08. The second-order valence-corrected chi connectivity index (χ2v) is 6.31. The van der Waals surface area contributed by atoms with Gasteiger partial charge >= 0.3 is 6.18 Å². The Morgan fingerprint density at radius 2 is 1.76 bits per heavy atom. The molecule has 2 rings (SSSR count). The lowest BCUT2D eigenvalue weighted by atomic mass is 10.3. The second kappa shape index (κ2) is 10.0. The maximum Gasteiger partial charge on any atom is 0.411 e. The zero-order chi connectivity index (χ0) is 18.1. The van der Waals surface area contributed by atoms with E-state index in [-0.39, 0.29) is 6.61 Å². The molecule has 0 radical (unpaired) electrons. The van der Waals surface area contributed by atoms with E-state index in [0.717, 1.165) is 64.5 Å². The Hall–Kier alpha value is -1.26. The molecule has 1 saturated heterocycles. The normalized spacial score (nSPS) is 17.3. The Morgan fingerprint density at radius 3 is 2.44 bits per heavy atom. The number of piperazine rings is 1. The van der Waals surface area contributed by atoms with Gasteiger partial charge in [-0.25, -0.2) is 4.68 Å². The highest BCUT2D eigenvalue weighted by molar-refractivity contribution is 4.83. The number of rotatable bonds is 10. The highest BCUT2D eigenvalue weighted by Gasteiger charge is 2.27. The first-order chi connectivity index (χ1) is 12.0. The first-order valence-corrected chi connectivity index (χ1v) is 8.82. The number of hydrogen-bond acceptors (Lipinski definition) is 6. The third kappa shape index (κ3) is 7.66. The molecule has 0 atom stereocenters. The molecule has 1 aliphatic heterocycles. The maximum atomic E-state index is 12.0. The molecule has 144 valence electrons. The van der Waals surface area contributed by atoms with Crippen LogP contribution < -0.4 is 0 Å². The zero-order valence-corrected chi connectivity index (χ0v) is 14.7. The van der Waals surface area contributed by atoms with Gasteiger partial charge in [-0.2, -0.15) is 13.2 Å². The Morgan fingerprint density at radius 1 is 1.04 bits per heavy atom. The van der Waals surface area contributed by atoms with E-state index in [1.165, 1.54) is 0 Å². The number of unbranched alkanes of at least 4 members (excludes halogenated alkanes) is 1. The second-order valence-electron chi connectivity index (χ2n) is 6.31. The molecule has 2 heterocycles. The first-order valence-electron chi connectivity index (χ1n) is 8.82. The number of halogens is 3. The molecule has 25 heavy (non-hydrogen) atoms. The minimum absolute atomic E-state index is 0.145. The lowest BCUT2D eigenvalue weighted by Crippen LogP contribution is -2.46. The summed E-state index contributed by atoms with van der Waals surface area (Å²) in [7, 11) is 0. The average molecular weight is 364 g/mol. The van der Waals surface area contributed by atoms with Gasteiger partial charge in [0.05, 0.1) is 6.54 Å². The summed E-state index contributed by atoms with van der Waals surface area (Å²) in [6.07, 6.45) is -1.46. The van der Waals surface area contributed by atoms with Gasteiger partial charge in [0.15, 0.2) is 5.82 Å². The molecular weight excluding hydrogens is 337 g/mol. The van der Waals surface area contributed by atoms with Crippen LogP contribution in [0.4, 0.5) is 13.2 Å². The van der Waals surface area contributed by atoms with Crippen LogP contribution in [-0.2, 0) is 17.8 Å². The molecule has 7 nitrogen and oxygen atoms in total. The topological polar surface area (TPSA) is 59.3 Å². The Kier molecular flexibility index (Phi) is 8.04. The molecule has 1 aromatic rings. The van der Waals surface area contributed by atoms with Gasteiger partial charge in [-0.1, -0.05) is 13.3 Å². The van der Waals surface area contributed by atoms with Crippen molar-refractivity contribution in [2.75, 3.05) is 45.9 Å². The fourth-order valence-electron chi connectivity index (χ4n) is 2.77. The molecule has 1 fully saturated rings. The molecule has 0 N–H and O–H groups in total. The first kappa shape index (κ1) is 20.1. The van der Waals surface area contributed by atoms with Crippen molar-refractivity contribution < 1.29 is 17.9 Å². The number of hydrogen-bond donors (Lipinski definition) is 0. The minimum atomic E-state index is -4.24. The van der Waals surface area contributed by atoms with Crippen molar-refractivity contribution in [2.24, 2.45) is 0 Å². The van der Waals surface area contributed by atoms with Crippen LogP contribution in [0.15, 0.2) is 0 Å². The zero-order valence-electron chi connectivity index (χ0n) is 14.7. The fraction of sp³-hybridized carbons (Fsp3) is 0.933. The van der Waals surface area contributed by atoms with Crippen molar-refractivity contribution in [3.63, 3.8) is 0 Å². The third-order valence-electron chi connectivity index (χ3n) is 4.19. The average Bonchev–Trinajstić information content (AvgIpc) is 3.00. The molecule has 0 unspecified atom stereocenters. The third-order valence-corrected chi connectivity index (χ3v) is 4.19. The Balaban J connectivity index is 1.61. The van der Waals surface area contributed by atoms with Gasteiger partial charge in [-0.05, 0) is 23.3 Å². The van der Waals surface area contributed by atoms with Crippen molar-refractivity contribution in [2.45, 2.75) is 45.5 Å². The van der Waals surface area contributed by atoms with Crippen molar-refractivity contribution in [3.05, 3.63) is 5.82 Å². The van der Waals surface area contributed by atoms with Gasteiger partial charge < -0.3 is 9.64 Å². The van der Waals surface area contributed by atoms with Crippen LogP contribution in [0.5, 0.6) is 0 Å². The fourth-order valence-corrected chi connectivity index (χ4v) is 2.77. The van der Waals surface area contributed by atoms with Crippen molar-refractivity contribution in [1.82, 2.24) is 30.0 Å². The summed E-state index contributed by atoms with van der Waals surface area (Å²) in [5.74, 6) is 0.891. The lowest BCUT2D eigenvalue weighted by Gasteiger charge is -2.34. The summed E-state index contributed by atoms with van der Waals surface area (Å²) in [6, 6.07) is 0. The van der Waals surface area contributed by atoms with E-state index >= 15 is 0 Å². The number of alkyl halides is 3.